The first-order valence-electron chi connectivity index (χ1n) is 7.65. The molecular formula is C15H25N3O. The SMILES string of the molecule is Cn1nccc1C(O)C1(N2CCCCC2)CCCC1. The molecule has 4 heteroatoms. The lowest BCUT2D eigenvalue weighted by molar-refractivity contribution is -0.0440. The molecular weight excluding hydrogens is 238 g/mol. The van der Waals surface area contributed by atoms with E-state index in [2.05, 4.69) is 10.00 Å². The van der Waals surface area contributed by atoms with Crippen LogP contribution in [-0.2, 0) is 7.05 Å². The molecule has 0 bridgehead atoms. The van der Waals surface area contributed by atoms with Crippen LogP contribution in [0.1, 0.15) is 56.7 Å². The third kappa shape index (κ3) is 2.21. The van der Waals surface area contributed by atoms with Crippen molar-refractivity contribution in [1.29, 1.82) is 0 Å². The summed E-state index contributed by atoms with van der Waals surface area (Å²) in [5.74, 6) is 0. The summed E-state index contributed by atoms with van der Waals surface area (Å²) in [4.78, 5) is 2.57. The summed E-state index contributed by atoms with van der Waals surface area (Å²) >= 11 is 0. The summed E-state index contributed by atoms with van der Waals surface area (Å²) in [6.45, 7) is 2.30. The Morgan fingerprint density at radius 1 is 1.16 bits per heavy atom. The Morgan fingerprint density at radius 2 is 1.84 bits per heavy atom. The van der Waals surface area contributed by atoms with Crippen LogP contribution in [0.4, 0.5) is 0 Å². The zero-order chi connectivity index (χ0) is 13.3. The zero-order valence-electron chi connectivity index (χ0n) is 11.9. The van der Waals surface area contributed by atoms with E-state index in [0.717, 1.165) is 31.6 Å². The summed E-state index contributed by atoms with van der Waals surface area (Å²) < 4.78 is 1.83. The minimum atomic E-state index is -0.402. The number of aryl methyl sites for hydroxylation is 1. The molecule has 1 atom stereocenters. The Kier molecular flexibility index (Phi) is 3.63. The molecule has 2 fully saturated rings. The van der Waals surface area contributed by atoms with Crippen molar-refractivity contribution in [3.63, 3.8) is 0 Å². The van der Waals surface area contributed by atoms with Crippen molar-refractivity contribution in [1.82, 2.24) is 14.7 Å². The molecule has 1 unspecified atom stereocenters. The molecule has 19 heavy (non-hydrogen) atoms. The van der Waals surface area contributed by atoms with Crippen molar-refractivity contribution in [2.75, 3.05) is 13.1 Å². The third-order valence-electron chi connectivity index (χ3n) is 5.10. The van der Waals surface area contributed by atoms with E-state index in [9.17, 15) is 5.11 Å². The molecule has 2 heterocycles. The molecule has 1 aromatic rings. The first kappa shape index (κ1) is 13.1. The van der Waals surface area contributed by atoms with Gasteiger partial charge in [0.25, 0.3) is 0 Å². The van der Waals surface area contributed by atoms with Crippen LogP contribution in [0.2, 0.25) is 0 Å². The van der Waals surface area contributed by atoms with Crippen molar-refractivity contribution in [3.8, 4) is 0 Å². The van der Waals surface area contributed by atoms with Gasteiger partial charge in [-0.15, -0.1) is 0 Å². The molecule has 1 aromatic heterocycles. The molecule has 0 aromatic carbocycles. The van der Waals surface area contributed by atoms with Gasteiger partial charge < -0.3 is 5.11 Å². The topological polar surface area (TPSA) is 41.3 Å². The molecule has 106 valence electrons. The Morgan fingerprint density at radius 3 is 2.42 bits per heavy atom. The van der Waals surface area contributed by atoms with Gasteiger partial charge in [0.2, 0.25) is 0 Å². The molecule has 1 saturated heterocycles. The van der Waals surface area contributed by atoms with Gasteiger partial charge in [0, 0.05) is 13.2 Å². The number of nitrogens with zero attached hydrogens (tertiary/aromatic N) is 3. The summed E-state index contributed by atoms with van der Waals surface area (Å²) in [6, 6.07) is 1.97. The van der Waals surface area contributed by atoms with Crippen LogP contribution in [-0.4, -0.2) is 38.4 Å². The fourth-order valence-corrected chi connectivity index (χ4v) is 4.02. The molecule has 1 N–H and O–H groups in total. The largest absolute Gasteiger partial charge is 0.385 e. The smallest absolute Gasteiger partial charge is 0.114 e. The van der Waals surface area contributed by atoms with E-state index in [0.29, 0.717) is 0 Å². The number of hydrogen-bond donors (Lipinski definition) is 1. The quantitative estimate of drug-likeness (QED) is 0.909. The van der Waals surface area contributed by atoms with Gasteiger partial charge in [0.05, 0.1) is 11.2 Å². The molecule has 0 radical (unpaired) electrons. The van der Waals surface area contributed by atoms with E-state index in [-0.39, 0.29) is 5.54 Å². The van der Waals surface area contributed by atoms with E-state index in [1.54, 1.807) is 6.20 Å². The summed E-state index contributed by atoms with van der Waals surface area (Å²) in [7, 11) is 1.93. The van der Waals surface area contributed by atoms with Gasteiger partial charge in [0.1, 0.15) is 6.10 Å². The molecule has 1 saturated carbocycles. The first-order valence-corrected chi connectivity index (χ1v) is 7.65. The minimum Gasteiger partial charge on any atom is -0.385 e. The number of aliphatic hydroxyl groups excluding tert-OH is 1. The lowest BCUT2D eigenvalue weighted by Crippen LogP contribution is -2.53. The van der Waals surface area contributed by atoms with Gasteiger partial charge in [-0.1, -0.05) is 19.3 Å². The molecule has 1 aliphatic carbocycles. The highest BCUT2D eigenvalue weighted by atomic mass is 16.3. The molecule has 4 nitrogen and oxygen atoms in total. The second-order valence-corrected chi connectivity index (χ2v) is 6.14. The highest BCUT2D eigenvalue weighted by Gasteiger charge is 2.46. The monoisotopic (exact) mass is 263 g/mol. The number of hydrogen-bond acceptors (Lipinski definition) is 3. The normalized spacial score (nSPS) is 25.6. The summed E-state index contributed by atoms with van der Waals surface area (Å²) in [5, 5.41) is 15.2. The van der Waals surface area contributed by atoms with Crippen LogP contribution in [0.25, 0.3) is 0 Å². The predicted octanol–water partition coefficient (Wildman–Crippen LogP) is 2.25. The van der Waals surface area contributed by atoms with E-state index in [1.807, 2.05) is 17.8 Å². The maximum atomic E-state index is 11.0. The van der Waals surface area contributed by atoms with Gasteiger partial charge in [-0.2, -0.15) is 5.10 Å². The fourth-order valence-electron chi connectivity index (χ4n) is 4.02. The molecule has 0 spiro atoms. The van der Waals surface area contributed by atoms with E-state index in [1.165, 1.54) is 32.1 Å². The lowest BCUT2D eigenvalue weighted by Gasteiger charge is -2.46. The number of likely N-dealkylation sites (tertiary alicyclic amines) is 1. The van der Waals surface area contributed by atoms with Gasteiger partial charge in [0.15, 0.2) is 0 Å². The second kappa shape index (κ2) is 5.25. The number of aromatic nitrogens is 2. The molecule has 0 amide bonds. The van der Waals surface area contributed by atoms with Crippen LogP contribution in [0.3, 0.4) is 0 Å². The maximum absolute atomic E-state index is 11.0. The lowest BCUT2D eigenvalue weighted by atomic mass is 9.84. The van der Waals surface area contributed by atoms with Crippen LogP contribution in [0.5, 0.6) is 0 Å². The first-order chi connectivity index (χ1) is 9.24. The fraction of sp³-hybridized carbons (Fsp3) is 0.800. The number of piperidine rings is 1. The van der Waals surface area contributed by atoms with E-state index < -0.39 is 6.10 Å². The standard InChI is InChI=1S/C15H25N3O/c1-17-13(7-10-16-17)14(19)15(8-3-4-9-15)18-11-5-2-6-12-18/h7,10,14,19H,2-6,8-9,11-12H2,1H3. The summed E-state index contributed by atoms with van der Waals surface area (Å²) in [5.41, 5.74) is 0.932. The van der Waals surface area contributed by atoms with Gasteiger partial charge in [-0.05, 0) is 44.8 Å². The van der Waals surface area contributed by atoms with Gasteiger partial charge >= 0.3 is 0 Å². The van der Waals surface area contributed by atoms with Gasteiger partial charge in [-0.3, -0.25) is 9.58 Å². The maximum Gasteiger partial charge on any atom is 0.114 e. The minimum absolute atomic E-state index is 0.0335. The highest BCUT2D eigenvalue weighted by Crippen LogP contribution is 2.45. The Balaban J connectivity index is 1.89. The van der Waals surface area contributed by atoms with Crippen LogP contribution >= 0.6 is 0 Å². The average molecular weight is 263 g/mol. The van der Waals surface area contributed by atoms with Crippen molar-refractivity contribution >= 4 is 0 Å². The predicted molar refractivity (Wildman–Crippen MR) is 74.8 cm³/mol. The number of rotatable bonds is 3. The second-order valence-electron chi connectivity index (χ2n) is 6.14. The van der Waals surface area contributed by atoms with E-state index in [4.69, 9.17) is 0 Å². The average Bonchev–Trinajstić information content (AvgIpc) is 3.08. The van der Waals surface area contributed by atoms with Crippen molar-refractivity contribution in [2.24, 2.45) is 7.05 Å². The van der Waals surface area contributed by atoms with Crippen molar-refractivity contribution in [3.05, 3.63) is 18.0 Å². The van der Waals surface area contributed by atoms with Crippen LogP contribution in [0.15, 0.2) is 12.3 Å². The highest BCUT2D eigenvalue weighted by molar-refractivity contribution is 5.14. The van der Waals surface area contributed by atoms with Crippen LogP contribution < -0.4 is 0 Å². The molecule has 3 rings (SSSR count). The summed E-state index contributed by atoms with van der Waals surface area (Å²) in [6.07, 6.45) is 10.0. The van der Waals surface area contributed by atoms with Crippen molar-refractivity contribution in [2.45, 2.75) is 56.6 Å². The Hall–Kier alpha value is -0.870. The Bertz CT molecular complexity index is 417. The molecule has 1 aliphatic heterocycles. The molecule has 2 aliphatic rings. The van der Waals surface area contributed by atoms with Crippen molar-refractivity contribution < 1.29 is 5.11 Å². The van der Waals surface area contributed by atoms with Gasteiger partial charge in [-0.25, -0.2) is 0 Å². The van der Waals surface area contributed by atoms with Crippen LogP contribution in [0, 0.1) is 0 Å². The third-order valence-corrected chi connectivity index (χ3v) is 5.10. The van der Waals surface area contributed by atoms with E-state index >= 15 is 0 Å². The zero-order valence-corrected chi connectivity index (χ0v) is 11.9. The number of aliphatic hydroxyl groups is 1. The Labute approximate surface area is 115 Å².